The number of aryl methyl sites for hydroxylation is 2. The van der Waals surface area contributed by atoms with Gasteiger partial charge in [0.2, 0.25) is 0 Å². The van der Waals surface area contributed by atoms with E-state index in [0.717, 1.165) is 19.3 Å². The topological polar surface area (TPSA) is 0 Å². The Morgan fingerprint density at radius 1 is 0.600 bits per heavy atom. The van der Waals surface area contributed by atoms with Crippen molar-refractivity contribution in [3.8, 4) is 0 Å². The molecule has 5 aromatic rings. The Bertz CT molecular complexity index is 1820. The van der Waals surface area contributed by atoms with Gasteiger partial charge >= 0.3 is 99.2 Å². The molecular formula is C44H56Cl2Si3Zr-2. The molecule has 0 saturated heterocycles. The van der Waals surface area contributed by atoms with Gasteiger partial charge in [-0.2, -0.15) is 5.20 Å². The van der Waals surface area contributed by atoms with E-state index in [1.807, 2.05) is 10.4 Å². The SMILES string of the molecule is CCc1ccc2c(c1)[cH-]c1cc(CC)ccc12.C[Si](C)(C)C1=[C-]CC([Si](C)(C)C)=C1[Si](C)(C)C.[Cl-].[Cl-].[Zr+2]=[C](c1ccccc1)c1ccccc1. The van der Waals surface area contributed by atoms with Crippen molar-refractivity contribution in [1.29, 1.82) is 0 Å². The fraction of sp³-hybridized carbons (Fsp3) is 0.318. The molecule has 0 heterocycles. The molecule has 0 bridgehead atoms. The molecule has 0 aromatic heterocycles. The van der Waals surface area contributed by atoms with Gasteiger partial charge in [0.25, 0.3) is 0 Å². The zero-order valence-corrected chi connectivity index (χ0v) is 39.2. The first kappa shape index (κ1) is 44.4. The molecule has 6 rings (SSSR count). The van der Waals surface area contributed by atoms with Crippen LogP contribution in [0.2, 0.25) is 58.9 Å². The molecule has 0 N–H and O–H groups in total. The quantitative estimate of drug-likeness (QED) is 0.127. The minimum atomic E-state index is -1.22. The second-order valence-electron chi connectivity index (χ2n) is 16.1. The summed E-state index contributed by atoms with van der Waals surface area (Å²) >= 11 is 1.46. The van der Waals surface area contributed by atoms with E-state index in [-0.39, 0.29) is 24.8 Å². The van der Waals surface area contributed by atoms with Gasteiger partial charge in [-0.05, 0) is 20.9 Å². The Labute approximate surface area is 334 Å². The van der Waals surface area contributed by atoms with Gasteiger partial charge in [0.15, 0.2) is 0 Å². The average molecular weight is 831 g/mol. The van der Waals surface area contributed by atoms with Crippen LogP contribution in [0, 0.1) is 6.08 Å². The molecular weight excluding hydrogens is 775 g/mol. The number of allylic oxidation sites excluding steroid dienone is 4. The number of fused-ring (bicyclic) bond motifs is 3. The van der Waals surface area contributed by atoms with Crippen molar-refractivity contribution < 1.29 is 49.0 Å². The molecule has 50 heavy (non-hydrogen) atoms. The maximum atomic E-state index is 3.78. The predicted molar refractivity (Wildman–Crippen MR) is 220 cm³/mol. The Kier molecular flexibility index (Phi) is 16.7. The number of hydrogen-bond donors (Lipinski definition) is 0. The Hall–Kier alpha value is -1.79. The van der Waals surface area contributed by atoms with E-state index in [9.17, 15) is 0 Å². The van der Waals surface area contributed by atoms with Crippen LogP contribution in [0.1, 0.15) is 42.5 Å². The number of rotatable bonds is 7. The van der Waals surface area contributed by atoms with Crippen molar-refractivity contribution in [1.82, 2.24) is 0 Å². The first-order chi connectivity index (χ1) is 22.5. The molecule has 1 aliphatic rings. The molecule has 0 saturated carbocycles. The monoisotopic (exact) mass is 828 g/mol. The summed E-state index contributed by atoms with van der Waals surface area (Å²) in [4.78, 5) is 0. The fourth-order valence-electron chi connectivity index (χ4n) is 6.55. The fourth-order valence-corrected chi connectivity index (χ4v) is 16.8. The third-order valence-electron chi connectivity index (χ3n) is 9.17. The van der Waals surface area contributed by atoms with Crippen LogP contribution in [0.15, 0.2) is 119 Å². The first-order valence-corrected chi connectivity index (χ1v) is 29.4. The van der Waals surface area contributed by atoms with Gasteiger partial charge in [-0.1, -0.05) is 108 Å². The number of benzene rings is 4. The van der Waals surface area contributed by atoms with Gasteiger partial charge in [0.1, 0.15) is 0 Å². The third kappa shape index (κ3) is 11.4. The zero-order chi connectivity index (χ0) is 35.3. The summed E-state index contributed by atoms with van der Waals surface area (Å²) < 4.78 is 1.42. The van der Waals surface area contributed by atoms with Crippen LogP contribution in [-0.4, -0.2) is 27.4 Å². The van der Waals surface area contributed by atoms with Gasteiger partial charge in [-0.25, -0.2) is 10.4 Å². The van der Waals surface area contributed by atoms with E-state index in [2.05, 4.69) is 182 Å². The van der Waals surface area contributed by atoms with Crippen molar-refractivity contribution in [2.75, 3.05) is 0 Å². The third-order valence-corrected chi connectivity index (χ3v) is 17.3. The molecule has 5 aromatic carbocycles. The number of hydrogen-bond acceptors (Lipinski definition) is 0. The van der Waals surface area contributed by atoms with E-state index < -0.39 is 24.2 Å². The average Bonchev–Trinajstić information content (AvgIpc) is 3.68. The molecule has 1 aliphatic carbocycles. The standard InChI is InChI=1S/C17H17.C14H29Si3.C13H10.2ClH.Zr/c1-3-12-5-7-16-14(9-12)11-15-10-13(4-2)6-8-17(15)16;1-15(2,3)12-10-11-13(16(4,5)6)14(12)17(7,8)9;1-3-7-12(8-4-1)11-13-9-5-2-6-10-13;;;/h5-11H,3-4H2,1-2H3;10H2,1-9H3;1-10H;2*1H;/q2*-1;;;;+2/p-2. The molecule has 0 unspecified atom stereocenters. The Morgan fingerprint density at radius 2 is 1.02 bits per heavy atom. The van der Waals surface area contributed by atoms with Crippen LogP contribution in [0.3, 0.4) is 0 Å². The van der Waals surface area contributed by atoms with E-state index in [0.29, 0.717) is 0 Å². The summed E-state index contributed by atoms with van der Waals surface area (Å²) in [5.41, 5.74) is 5.50. The molecule has 0 fully saturated rings. The maximum absolute atomic E-state index is 3.78. The van der Waals surface area contributed by atoms with Crippen molar-refractivity contribution >= 4 is 49.0 Å². The summed E-state index contributed by atoms with van der Waals surface area (Å²) in [7, 11) is -3.60. The van der Waals surface area contributed by atoms with Crippen LogP contribution in [0.5, 0.6) is 0 Å². The summed E-state index contributed by atoms with van der Waals surface area (Å²) in [6.45, 7) is 26.9. The molecule has 0 radical (unpaired) electrons. The molecule has 6 heteroatoms. The molecule has 0 spiro atoms. The van der Waals surface area contributed by atoms with Gasteiger partial charge < -0.3 is 24.8 Å². The van der Waals surface area contributed by atoms with E-state index in [4.69, 9.17) is 0 Å². The second-order valence-corrected chi connectivity index (χ2v) is 32.5. The normalized spacial score (nSPS) is 13.0. The molecule has 0 nitrogen and oxygen atoms in total. The summed E-state index contributed by atoms with van der Waals surface area (Å²) in [6, 6.07) is 37.1. The molecule has 264 valence electrons. The van der Waals surface area contributed by atoms with Gasteiger partial charge in [0.05, 0.1) is 8.07 Å². The van der Waals surface area contributed by atoms with Gasteiger partial charge in [-0.15, -0.1) is 46.2 Å². The molecule has 0 amide bonds. The van der Waals surface area contributed by atoms with Crippen LogP contribution < -0.4 is 24.8 Å². The zero-order valence-electron chi connectivity index (χ0n) is 32.2. The van der Waals surface area contributed by atoms with E-state index in [1.165, 1.54) is 71.2 Å². The van der Waals surface area contributed by atoms with Crippen molar-refractivity contribution in [3.05, 3.63) is 147 Å². The first-order valence-electron chi connectivity index (χ1n) is 17.7. The Balaban J connectivity index is 0.000000256. The van der Waals surface area contributed by atoms with Crippen LogP contribution in [0.4, 0.5) is 0 Å². The Morgan fingerprint density at radius 3 is 1.36 bits per heavy atom. The van der Waals surface area contributed by atoms with E-state index in [1.54, 1.807) is 5.20 Å². The molecule has 0 atom stereocenters. The van der Waals surface area contributed by atoms with Crippen LogP contribution >= 0.6 is 0 Å². The van der Waals surface area contributed by atoms with Crippen molar-refractivity contribution in [2.24, 2.45) is 0 Å². The van der Waals surface area contributed by atoms with Crippen LogP contribution in [0.25, 0.3) is 21.5 Å². The second kappa shape index (κ2) is 18.8. The van der Waals surface area contributed by atoms with Crippen LogP contribution in [-0.2, 0) is 37.1 Å². The van der Waals surface area contributed by atoms with Crippen molar-refractivity contribution in [2.45, 2.75) is 92.0 Å². The summed E-state index contributed by atoms with van der Waals surface area (Å²) in [5.74, 6) is 0. The van der Waals surface area contributed by atoms with Gasteiger partial charge in [0, 0.05) is 8.07 Å². The minimum absolute atomic E-state index is 0. The number of halogens is 2. The van der Waals surface area contributed by atoms with E-state index >= 15 is 0 Å². The summed E-state index contributed by atoms with van der Waals surface area (Å²) in [5, 5.41) is 10.8. The summed E-state index contributed by atoms with van der Waals surface area (Å²) in [6.07, 6.45) is 7.15. The van der Waals surface area contributed by atoms with Gasteiger partial charge in [-0.3, -0.25) is 6.08 Å². The van der Waals surface area contributed by atoms with Crippen molar-refractivity contribution in [3.63, 3.8) is 0 Å². The molecule has 0 aliphatic heterocycles. The predicted octanol–water partition coefficient (Wildman–Crippen LogP) is 6.70.